The number of halogens is 1. The molecule has 0 aliphatic heterocycles. The Hall–Kier alpha value is -0.890. The quantitative estimate of drug-likeness (QED) is 0.680. The van der Waals surface area contributed by atoms with Crippen molar-refractivity contribution in [1.82, 2.24) is 4.98 Å². The summed E-state index contributed by atoms with van der Waals surface area (Å²) in [5.41, 5.74) is 3.59. The van der Waals surface area contributed by atoms with Gasteiger partial charge in [-0.1, -0.05) is 18.2 Å². The first-order valence-corrected chi connectivity index (χ1v) is 5.00. The van der Waals surface area contributed by atoms with Gasteiger partial charge in [-0.3, -0.25) is 4.98 Å². The molecular weight excluding hydrogens is 226 g/mol. The highest BCUT2D eigenvalue weighted by Gasteiger charge is 2.03. The second kappa shape index (κ2) is 3.11. The van der Waals surface area contributed by atoms with Crippen LogP contribution in [0.15, 0.2) is 28.9 Å². The topological polar surface area (TPSA) is 12.9 Å². The number of rotatable bonds is 0. The SMILES string of the molecule is Cc1c(Br)cnc2c(C)cccc12. The molecule has 13 heavy (non-hydrogen) atoms. The van der Waals surface area contributed by atoms with E-state index in [1.807, 2.05) is 6.20 Å². The van der Waals surface area contributed by atoms with Crippen molar-refractivity contribution < 1.29 is 0 Å². The molecule has 0 N–H and O–H groups in total. The van der Waals surface area contributed by atoms with E-state index in [1.54, 1.807) is 0 Å². The Morgan fingerprint density at radius 1 is 1.23 bits per heavy atom. The van der Waals surface area contributed by atoms with Crippen molar-refractivity contribution in [3.63, 3.8) is 0 Å². The van der Waals surface area contributed by atoms with Crippen LogP contribution >= 0.6 is 15.9 Å². The van der Waals surface area contributed by atoms with Crippen LogP contribution in [0.25, 0.3) is 10.9 Å². The average Bonchev–Trinajstić information content (AvgIpc) is 2.12. The number of benzene rings is 1. The molecule has 0 bridgehead atoms. The fourth-order valence-electron chi connectivity index (χ4n) is 1.48. The largest absolute Gasteiger partial charge is 0.255 e. The molecule has 0 amide bonds. The maximum absolute atomic E-state index is 4.39. The maximum atomic E-state index is 4.39. The predicted octanol–water partition coefficient (Wildman–Crippen LogP) is 3.61. The Balaban J connectivity index is 2.94. The monoisotopic (exact) mass is 235 g/mol. The second-order valence-corrected chi connectivity index (χ2v) is 4.06. The number of hydrogen-bond acceptors (Lipinski definition) is 1. The van der Waals surface area contributed by atoms with Crippen LogP contribution in [-0.2, 0) is 0 Å². The Bertz CT molecular complexity index is 463. The third-order valence-corrected chi connectivity index (χ3v) is 3.11. The van der Waals surface area contributed by atoms with Gasteiger partial charge in [-0.15, -0.1) is 0 Å². The van der Waals surface area contributed by atoms with Crippen molar-refractivity contribution in [2.75, 3.05) is 0 Å². The lowest BCUT2D eigenvalue weighted by atomic mass is 10.1. The summed E-state index contributed by atoms with van der Waals surface area (Å²) >= 11 is 3.48. The Morgan fingerprint density at radius 3 is 2.77 bits per heavy atom. The van der Waals surface area contributed by atoms with Crippen LogP contribution in [0.4, 0.5) is 0 Å². The van der Waals surface area contributed by atoms with Crippen LogP contribution in [0.2, 0.25) is 0 Å². The zero-order valence-electron chi connectivity index (χ0n) is 7.63. The molecule has 0 atom stereocenters. The minimum Gasteiger partial charge on any atom is -0.255 e. The highest BCUT2D eigenvalue weighted by molar-refractivity contribution is 9.10. The van der Waals surface area contributed by atoms with Crippen LogP contribution < -0.4 is 0 Å². The predicted molar refractivity (Wildman–Crippen MR) is 58.9 cm³/mol. The van der Waals surface area contributed by atoms with E-state index < -0.39 is 0 Å². The normalized spacial score (nSPS) is 10.7. The molecule has 2 heteroatoms. The van der Waals surface area contributed by atoms with Gasteiger partial charge in [0.2, 0.25) is 0 Å². The second-order valence-electron chi connectivity index (χ2n) is 3.20. The molecule has 0 aliphatic rings. The molecule has 2 aromatic rings. The number of hydrogen-bond donors (Lipinski definition) is 0. The highest BCUT2D eigenvalue weighted by atomic mass is 79.9. The number of aromatic nitrogens is 1. The molecule has 0 aliphatic carbocycles. The molecule has 0 unspecified atom stereocenters. The van der Waals surface area contributed by atoms with E-state index in [2.05, 4.69) is 53.0 Å². The zero-order chi connectivity index (χ0) is 9.42. The van der Waals surface area contributed by atoms with Crippen molar-refractivity contribution in [3.05, 3.63) is 40.0 Å². The van der Waals surface area contributed by atoms with Crippen molar-refractivity contribution >= 4 is 26.8 Å². The summed E-state index contributed by atoms with van der Waals surface area (Å²) in [7, 11) is 0. The minimum atomic E-state index is 1.07. The number of fused-ring (bicyclic) bond motifs is 1. The molecule has 0 fully saturated rings. The summed E-state index contributed by atoms with van der Waals surface area (Å²) in [6.07, 6.45) is 1.87. The molecule has 0 spiro atoms. The molecule has 66 valence electrons. The van der Waals surface area contributed by atoms with Crippen molar-refractivity contribution in [2.24, 2.45) is 0 Å². The van der Waals surface area contributed by atoms with E-state index in [9.17, 15) is 0 Å². The number of pyridine rings is 1. The number of nitrogens with zero attached hydrogens (tertiary/aromatic N) is 1. The van der Waals surface area contributed by atoms with E-state index in [-0.39, 0.29) is 0 Å². The van der Waals surface area contributed by atoms with Gasteiger partial charge in [0, 0.05) is 16.1 Å². The van der Waals surface area contributed by atoms with Gasteiger partial charge in [0.15, 0.2) is 0 Å². The van der Waals surface area contributed by atoms with E-state index in [1.165, 1.54) is 16.5 Å². The highest BCUT2D eigenvalue weighted by Crippen LogP contribution is 2.25. The number of para-hydroxylation sites is 1. The fourth-order valence-corrected chi connectivity index (χ4v) is 1.80. The van der Waals surface area contributed by atoms with Crippen LogP contribution in [0.3, 0.4) is 0 Å². The van der Waals surface area contributed by atoms with Gasteiger partial charge in [-0.2, -0.15) is 0 Å². The van der Waals surface area contributed by atoms with Gasteiger partial charge in [-0.25, -0.2) is 0 Å². The average molecular weight is 236 g/mol. The van der Waals surface area contributed by atoms with Crippen molar-refractivity contribution in [2.45, 2.75) is 13.8 Å². The third-order valence-electron chi connectivity index (χ3n) is 2.31. The van der Waals surface area contributed by atoms with Gasteiger partial charge in [0.25, 0.3) is 0 Å². The molecule has 0 radical (unpaired) electrons. The first kappa shape index (κ1) is 8.70. The van der Waals surface area contributed by atoms with E-state index in [0.29, 0.717) is 0 Å². The van der Waals surface area contributed by atoms with Crippen LogP contribution in [0.1, 0.15) is 11.1 Å². The summed E-state index contributed by atoms with van der Waals surface area (Å²) in [4.78, 5) is 4.39. The summed E-state index contributed by atoms with van der Waals surface area (Å²) in [6, 6.07) is 6.26. The molecule has 0 saturated carbocycles. The van der Waals surface area contributed by atoms with Gasteiger partial charge in [0.05, 0.1) is 5.52 Å². The molecular formula is C11H10BrN. The lowest BCUT2D eigenvalue weighted by Gasteiger charge is -2.05. The van der Waals surface area contributed by atoms with E-state index >= 15 is 0 Å². The molecule has 1 heterocycles. The van der Waals surface area contributed by atoms with Gasteiger partial charge >= 0.3 is 0 Å². The van der Waals surface area contributed by atoms with Gasteiger partial charge < -0.3 is 0 Å². The van der Waals surface area contributed by atoms with E-state index in [4.69, 9.17) is 0 Å². The lowest BCUT2D eigenvalue weighted by molar-refractivity contribution is 1.31. The number of aryl methyl sites for hydroxylation is 2. The molecule has 2 rings (SSSR count). The lowest BCUT2D eigenvalue weighted by Crippen LogP contribution is -1.87. The standard InChI is InChI=1S/C11H10BrN/c1-7-4-3-5-9-8(2)10(12)6-13-11(7)9/h3-6H,1-2H3. The fraction of sp³-hybridized carbons (Fsp3) is 0.182. The molecule has 0 saturated heterocycles. The van der Waals surface area contributed by atoms with Gasteiger partial charge in [-0.05, 0) is 40.9 Å². The molecule has 1 aromatic heterocycles. The Kier molecular flexibility index (Phi) is 2.08. The zero-order valence-corrected chi connectivity index (χ0v) is 9.22. The van der Waals surface area contributed by atoms with Crippen LogP contribution in [-0.4, -0.2) is 4.98 Å². The summed E-state index contributed by atoms with van der Waals surface area (Å²) in [6.45, 7) is 4.19. The minimum absolute atomic E-state index is 1.07. The van der Waals surface area contributed by atoms with E-state index in [0.717, 1.165) is 9.99 Å². The Labute approximate surface area is 85.9 Å². The summed E-state index contributed by atoms with van der Waals surface area (Å²) in [5.74, 6) is 0. The van der Waals surface area contributed by atoms with Crippen LogP contribution in [0, 0.1) is 13.8 Å². The summed E-state index contributed by atoms with van der Waals surface area (Å²) < 4.78 is 1.07. The third kappa shape index (κ3) is 1.35. The first-order valence-electron chi connectivity index (χ1n) is 4.20. The first-order chi connectivity index (χ1) is 6.20. The maximum Gasteiger partial charge on any atom is 0.0734 e. The summed E-state index contributed by atoms with van der Waals surface area (Å²) in [5, 5.41) is 1.23. The van der Waals surface area contributed by atoms with Crippen molar-refractivity contribution in [3.8, 4) is 0 Å². The van der Waals surface area contributed by atoms with Gasteiger partial charge in [0.1, 0.15) is 0 Å². The molecule has 1 aromatic carbocycles. The smallest absolute Gasteiger partial charge is 0.0734 e. The van der Waals surface area contributed by atoms with Crippen LogP contribution in [0.5, 0.6) is 0 Å². The molecule has 1 nitrogen and oxygen atoms in total. The Morgan fingerprint density at radius 2 is 2.00 bits per heavy atom. The van der Waals surface area contributed by atoms with Crippen molar-refractivity contribution in [1.29, 1.82) is 0 Å².